The molecule has 2 saturated heterocycles. The van der Waals surface area contributed by atoms with Gasteiger partial charge in [-0.25, -0.2) is 23.4 Å². The number of nitrogens with zero attached hydrogens (tertiary/aromatic N) is 7. The van der Waals surface area contributed by atoms with Crippen molar-refractivity contribution in [2.24, 2.45) is 11.8 Å². The molecule has 0 unspecified atom stereocenters. The maximum absolute atomic E-state index is 13.0. The van der Waals surface area contributed by atoms with Crippen molar-refractivity contribution in [3.8, 4) is 0 Å². The van der Waals surface area contributed by atoms with E-state index in [9.17, 15) is 22.0 Å². The number of hydrogen-bond donors (Lipinski definition) is 0. The molecule has 2 fully saturated rings. The predicted octanol–water partition coefficient (Wildman–Crippen LogP) is 3.47. The van der Waals surface area contributed by atoms with E-state index in [1.54, 1.807) is 6.20 Å². The SMILES string of the molecule is FC(F)Cn1ncc2ncc(N3C[C@H]4CCN(c5cncc(C(F)(F)F)c5)C[C@H]4C3)nc21. The summed E-state index contributed by atoms with van der Waals surface area (Å²) in [5.74, 6) is 1.20. The summed E-state index contributed by atoms with van der Waals surface area (Å²) in [5, 5.41) is 3.94. The molecule has 3 aromatic heterocycles. The van der Waals surface area contributed by atoms with Crippen molar-refractivity contribution in [2.75, 3.05) is 36.0 Å². The Balaban J connectivity index is 1.32. The van der Waals surface area contributed by atoms with Crippen LogP contribution in [0.5, 0.6) is 0 Å². The predicted molar refractivity (Wildman–Crippen MR) is 107 cm³/mol. The fourth-order valence-electron chi connectivity index (χ4n) is 4.60. The molecule has 170 valence electrons. The van der Waals surface area contributed by atoms with Crippen molar-refractivity contribution >= 4 is 22.7 Å². The maximum Gasteiger partial charge on any atom is 0.417 e. The van der Waals surface area contributed by atoms with Crippen LogP contribution < -0.4 is 9.80 Å². The maximum atomic E-state index is 13.0. The van der Waals surface area contributed by atoms with Gasteiger partial charge in [-0.05, 0) is 24.3 Å². The van der Waals surface area contributed by atoms with Crippen molar-refractivity contribution < 1.29 is 22.0 Å². The van der Waals surface area contributed by atoms with Crippen LogP contribution in [0, 0.1) is 11.8 Å². The van der Waals surface area contributed by atoms with Crippen LogP contribution in [-0.2, 0) is 12.7 Å². The second kappa shape index (κ2) is 7.82. The van der Waals surface area contributed by atoms with Crippen molar-refractivity contribution in [3.63, 3.8) is 0 Å². The van der Waals surface area contributed by atoms with E-state index < -0.39 is 24.7 Å². The Kier molecular flexibility index (Phi) is 5.09. The molecular weight excluding hydrogens is 433 g/mol. The van der Waals surface area contributed by atoms with Crippen LogP contribution in [0.15, 0.2) is 30.9 Å². The van der Waals surface area contributed by atoms with Gasteiger partial charge in [0.05, 0.1) is 29.8 Å². The molecule has 7 nitrogen and oxygen atoms in total. The van der Waals surface area contributed by atoms with E-state index in [0.29, 0.717) is 48.2 Å². The summed E-state index contributed by atoms with van der Waals surface area (Å²) in [6.07, 6.45) is -0.820. The molecule has 3 aromatic rings. The van der Waals surface area contributed by atoms with Gasteiger partial charge >= 0.3 is 6.18 Å². The lowest BCUT2D eigenvalue weighted by Gasteiger charge is -2.35. The third-order valence-electron chi connectivity index (χ3n) is 6.18. The molecule has 0 saturated carbocycles. The van der Waals surface area contributed by atoms with Gasteiger partial charge in [0, 0.05) is 32.4 Å². The topological polar surface area (TPSA) is 63.0 Å². The van der Waals surface area contributed by atoms with E-state index in [4.69, 9.17) is 0 Å². The number of halogens is 5. The molecule has 2 atom stereocenters. The van der Waals surface area contributed by atoms with Crippen molar-refractivity contribution in [1.82, 2.24) is 24.7 Å². The normalized spacial score (nSPS) is 21.6. The number of anilines is 2. The minimum Gasteiger partial charge on any atom is -0.370 e. The zero-order valence-electron chi connectivity index (χ0n) is 16.9. The first kappa shape index (κ1) is 20.8. The van der Waals surface area contributed by atoms with Gasteiger partial charge in [0.1, 0.15) is 17.9 Å². The molecule has 0 radical (unpaired) electrons. The lowest BCUT2D eigenvalue weighted by molar-refractivity contribution is -0.137. The number of piperidine rings is 1. The zero-order chi connectivity index (χ0) is 22.5. The third kappa shape index (κ3) is 3.93. The van der Waals surface area contributed by atoms with E-state index >= 15 is 0 Å². The van der Waals surface area contributed by atoms with E-state index in [1.165, 1.54) is 12.4 Å². The first-order valence-corrected chi connectivity index (χ1v) is 10.3. The number of hydrogen-bond acceptors (Lipinski definition) is 6. The van der Waals surface area contributed by atoms with Crippen LogP contribution in [0.4, 0.5) is 33.5 Å². The summed E-state index contributed by atoms with van der Waals surface area (Å²) in [7, 11) is 0. The quantitative estimate of drug-likeness (QED) is 0.564. The molecule has 0 spiro atoms. The summed E-state index contributed by atoms with van der Waals surface area (Å²) < 4.78 is 65.9. The largest absolute Gasteiger partial charge is 0.417 e. The fraction of sp³-hybridized carbons (Fsp3) is 0.500. The number of pyridine rings is 1. The van der Waals surface area contributed by atoms with Crippen LogP contribution in [0.1, 0.15) is 12.0 Å². The van der Waals surface area contributed by atoms with Gasteiger partial charge < -0.3 is 9.80 Å². The molecule has 0 amide bonds. The van der Waals surface area contributed by atoms with Crippen LogP contribution in [0.3, 0.4) is 0 Å². The van der Waals surface area contributed by atoms with E-state index in [0.717, 1.165) is 29.9 Å². The zero-order valence-corrected chi connectivity index (χ0v) is 16.9. The summed E-state index contributed by atoms with van der Waals surface area (Å²) in [5.41, 5.74) is 0.478. The van der Waals surface area contributed by atoms with Crippen LogP contribution in [0.2, 0.25) is 0 Å². The molecular formula is C20H20F5N7. The number of fused-ring (bicyclic) bond motifs is 2. The Labute approximate surface area is 179 Å². The molecule has 32 heavy (non-hydrogen) atoms. The van der Waals surface area contributed by atoms with Gasteiger partial charge in [0.25, 0.3) is 6.43 Å². The highest BCUT2D eigenvalue weighted by Gasteiger charge is 2.38. The van der Waals surface area contributed by atoms with Crippen molar-refractivity contribution in [3.05, 3.63) is 36.4 Å². The standard InChI is InChI=1S/C20H20F5N7/c21-17(22)11-32-19-16(6-28-32)27-7-18(29-19)31-8-12-1-2-30(9-13(12)10-31)15-3-14(4-26-5-15)20(23,24)25/h3-7,12-13,17H,1-2,8-11H2/t12-,13+/m1/s1. The Morgan fingerprint density at radius 1 is 1.00 bits per heavy atom. The van der Waals surface area contributed by atoms with Crippen LogP contribution in [0.25, 0.3) is 11.2 Å². The molecule has 0 N–H and O–H groups in total. The lowest BCUT2D eigenvalue weighted by atomic mass is 9.88. The van der Waals surface area contributed by atoms with Gasteiger partial charge in [-0.3, -0.25) is 4.98 Å². The molecule has 12 heteroatoms. The summed E-state index contributed by atoms with van der Waals surface area (Å²) in [6, 6.07) is 1.14. The first-order valence-electron chi connectivity index (χ1n) is 10.3. The van der Waals surface area contributed by atoms with Crippen LogP contribution >= 0.6 is 0 Å². The second-order valence-electron chi connectivity index (χ2n) is 8.24. The monoisotopic (exact) mass is 453 g/mol. The Bertz CT molecular complexity index is 1120. The first-order chi connectivity index (χ1) is 15.3. The summed E-state index contributed by atoms with van der Waals surface area (Å²) in [4.78, 5) is 16.6. The highest BCUT2D eigenvalue weighted by molar-refractivity contribution is 5.71. The highest BCUT2D eigenvalue weighted by atomic mass is 19.4. The minimum atomic E-state index is -4.43. The number of aromatic nitrogens is 5. The molecule has 2 aliphatic heterocycles. The van der Waals surface area contributed by atoms with Crippen molar-refractivity contribution in [2.45, 2.75) is 25.6 Å². The molecule has 2 aliphatic rings. The summed E-state index contributed by atoms with van der Waals surface area (Å²) in [6.45, 7) is 2.11. The second-order valence-corrected chi connectivity index (χ2v) is 8.24. The Hall–Kier alpha value is -3.05. The van der Waals surface area contributed by atoms with Gasteiger partial charge in [0.2, 0.25) is 0 Å². The molecule has 5 rings (SSSR count). The molecule has 5 heterocycles. The lowest BCUT2D eigenvalue weighted by Crippen LogP contribution is -2.40. The average Bonchev–Trinajstić information content (AvgIpc) is 3.36. The molecule has 0 aliphatic carbocycles. The van der Waals surface area contributed by atoms with Gasteiger partial charge in [0.15, 0.2) is 5.65 Å². The fourth-order valence-corrected chi connectivity index (χ4v) is 4.60. The highest BCUT2D eigenvalue weighted by Crippen LogP contribution is 2.36. The smallest absolute Gasteiger partial charge is 0.370 e. The van der Waals surface area contributed by atoms with Gasteiger partial charge in [-0.1, -0.05) is 0 Å². The molecule has 0 aromatic carbocycles. The summed E-state index contributed by atoms with van der Waals surface area (Å²) >= 11 is 0. The number of rotatable bonds is 4. The minimum absolute atomic E-state index is 0.238. The van der Waals surface area contributed by atoms with Gasteiger partial charge in [-0.15, -0.1) is 0 Å². The Morgan fingerprint density at radius 2 is 1.78 bits per heavy atom. The molecule has 0 bridgehead atoms. The Morgan fingerprint density at radius 3 is 2.56 bits per heavy atom. The van der Waals surface area contributed by atoms with E-state index in [1.807, 2.05) is 4.90 Å². The van der Waals surface area contributed by atoms with Crippen LogP contribution in [-0.4, -0.2) is 57.3 Å². The van der Waals surface area contributed by atoms with Gasteiger partial charge in [-0.2, -0.15) is 18.3 Å². The average molecular weight is 453 g/mol. The van der Waals surface area contributed by atoms with E-state index in [2.05, 4.69) is 25.0 Å². The van der Waals surface area contributed by atoms with E-state index in [-0.39, 0.29) is 5.92 Å². The number of alkyl halides is 5. The third-order valence-corrected chi connectivity index (χ3v) is 6.18. The van der Waals surface area contributed by atoms with Crippen molar-refractivity contribution in [1.29, 1.82) is 0 Å².